The summed E-state index contributed by atoms with van der Waals surface area (Å²) in [6, 6.07) is 3.62. The van der Waals surface area contributed by atoms with E-state index in [4.69, 9.17) is 10.8 Å². The predicted molar refractivity (Wildman–Crippen MR) is 72.5 cm³/mol. The van der Waals surface area contributed by atoms with Crippen molar-refractivity contribution < 1.29 is 19.1 Å². The van der Waals surface area contributed by atoms with Gasteiger partial charge < -0.3 is 16.2 Å². The second kappa shape index (κ2) is 7.00. The first-order chi connectivity index (χ1) is 9.31. The van der Waals surface area contributed by atoms with Gasteiger partial charge in [0.15, 0.2) is 0 Å². The molecule has 0 heterocycles. The Morgan fingerprint density at radius 3 is 2.30 bits per heavy atom. The summed E-state index contributed by atoms with van der Waals surface area (Å²) in [5.74, 6) is -2.14. The van der Waals surface area contributed by atoms with Crippen LogP contribution in [-0.2, 0) is 16.0 Å². The third-order valence-corrected chi connectivity index (χ3v) is 2.99. The van der Waals surface area contributed by atoms with Crippen molar-refractivity contribution in [3.05, 3.63) is 35.6 Å². The van der Waals surface area contributed by atoms with Gasteiger partial charge in [-0.15, -0.1) is 0 Å². The van der Waals surface area contributed by atoms with Crippen LogP contribution in [0.5, 0.6) is 0 Å². The quantitative estimate of drug-likeness (QED) is 0.723. The normalized spacial score (nSPS) is 13.8. The third kappa shape index (κ3) is 4.62. The number of aliphatic carboxylic acids is 1. The van der Waals surface area contributed by atoms with Crippen molar-refractivity contribution in [1.29, 1.82) is 0 Å². The Balaban J connectivity index is 2.72. The molecule has 0 aliphatic carbocycles. The highest BCUT2D eigenvalue weighted by Crippen LogP contribution is 2.07. The minimum Gasteiger partial charge on any atom is -0.480 e. The molecule has 0 aliphatic heterocycles. The number of carboxylic acid groups (broad SMARTS) is 1. The van der Waals surface area contributed by atoms with Crippen molar-refractivity contribution in [1.82, 2.24) is 5.32 Å². The van der Waals surface area contributed by atoms with E-state index in [-0.39, 0.29) is 12.3 Å². The van der Waals surface area contributed by atoms with E-state index in [0.29, 0.717) is 5.56 Å². The topological polar surface area (TPSA) is 92.4 Å². The molecule has 0 aliphatic rings. The summed E-state index contributed by atoms with van der Waals surface area (Å²) in [6.45, 7) is 3.56. The van der Waals surface area contributed by atoms with Crippen LogP contribution in [0, 0.1) is 11.7 Å². The van der Waals surface area contributed by atoms with Crippen molar-refractivity contribution in [2.75, 3.05) is 0 Å². The number of nitrogens with two attached hydrogens (primary N) is 1. The molecule has 0 aromatic heterocycles. The molecule has 5 nitrogen and oxygen atoms in total. The van der Waals surface area contributed by atoms with E-state index >= 15 is 0 Å². The first kappa shape index (κ1) is 16.1. The molecule has 1 aromatic carbocycles. The maximum absolute atomic E-state index is 12.8. The average Bonchev–Trinajstić information content (AvgIpc) is 2.39. The number of amides is 1. The van der Waals surface area contributed by atoms with Gasteiger partial charge in [-0.05, 0) is 23.6 Å². The smallest absolute Gasteiger partial charge is 0.326 e. The number of hydrogen-bond acceptors (Lipinski definition) is 3. The number of halogens is 1. The van der Waals surface area contributed by atoms with Crippen LogP contribution < -0.4 is 11.1 Å². The van der Waals surface area contributed by atoms with Gasteiger partial charge >= 0.3 is 5.97 Å². The van der Waals surface area contributed by atoms with E-state index in [0.717, 1.165) is 0 Å². The fourth-order valence-corrected chi connectivity index (χ4v) is 1.63. The van der Waals surface area contributed by atoms with Gasteiger partial charge in [-0.25, -0.2) is 9.18 Å². The molecule has 0 saturated carbocycles. The fraction of sp³-hybridized carbons (Fsp3) is 0.429. The largest absolute Gasteiger partial charge is 0.480 e. The van der Waals surface area contributed by atoms with E-state index in [1.807, 2.05) is 0 Å². The summed E-state index contributed by atoms with van der Waals surface area (Å²) in [5, 5.41) is 11.5. The van der Waals surface area contributed by atoms with Crippen molar-refractivity contribution in [2.45, 2.75) is 32.4 Å². The Morgan fingerprint density at radius 1 is 1.30 bits per heavy atom. The number of nitrogens with one attached hydrogen (secondary N) is 1. The van der Waals surface area contributed by atoms with E-state index in [9.17, 15) is 14.0 Å². The zero-order valence-electron chi connectivity index (χ0n) is 11.5. The molecule has 1 unspecified atom stereocenters. The lowest BCUT2D eigenvalue weighted by molar-refractivity contribution is -0.142. The Bertz CT molecular complexity index is 474. The number of hydrogen-bond donors (Lipinski definition) is 3. The molecule has 110 valence electrons. The maximum atomic E-state index is 12.8. The monoisotopic (exact) mass is 282 g/mol. The molecule has 0 bridgehead atoms. The van der Waals surface area contributed by atoms with Gasteiger partial charge in [0.2, 0.25) is 5.91 Å². The maximum Gasteiger partial charge on any atom is 0.326 e. The van der Waals surface area contributed by atoms with Gasteiger partial charge in [-0.2, -0.15) is 0 Å². The van der Waals surface area contributed by atoms with Crippen LogP contribution in [-0.4, -0.2) is 29.1 Å². The number of benzene rings is 1. The minimum atomic E-state index is -1.15. The highest BCUT2D eigenvalue weighted by Gasteiger charge is 2.24. The van der Waals surface area contributed by atoms with Gasteiger partial charge in [0.25, 0.3) is 0 Å². The Kier molecular flexibility index (Phi) is 5.64. The minimum absolute atomic E-state index is 0.0756. The van der Waals surface area contributed by atoms with Gasteiger partial charge in [0.05, 0.1) is 6.04 Å². The second-order valence-electron chi connectivity index (χ2n) is 5.00. The molecule has 0 fully saturated rings. The van der Waals surface area contributed by atoms with Crippen molar-refractivity contribution in [3.63, 3.8) is 0 Å². The number of carboxylic acids is 1. The molecule has 1 amide bonds. The van der Waals surface area contributed by atoms with Gasteiger partial charge in [0, 0.05) is 6.42 Å². The SMILES string of the molecule is CC(C)[C@H](N)C(=O)NC(Cc1ccc(F)cc1)C(=O)O. The Hall–Kier alpha value is -1.95. The van der Waals surface area contributed by atoms with E-state index in [1.165, 1.54) is 24.3 Å². The number of carbonyl (C=O) groups is 2. The Morgan fingerprint density at radius 2 is 1.85 bits per heavy atom. The van der Waals surface area contributed by atoms with Crippen LogP contribution in [0.25, 0.3) is 0 Å². The second-order valence-corrected chi connectivity index (χ2v) is 5.00. The molecule has 1 rings (SSSR count). The molecule has 2 atom stereocenters. The highest BCUT2D eigenvalue weighted by atomic mass is 19.1. The van der Waals surface area contributed by atoms with Crippen LogP contribution in [0.15, 0.2) is 24.3 Å². The third-order valence-electron chi connectivity index (χ3n) is 2.99. The molecule has 4 N–H and O–H groups in total. The van der Waals surface area contributed by atoms with Crippen LogP contribution >= 0.6 is 0 Å². The van der Waals surface area contributed by atoms with Gasteiger partial charge in [0.1, 0.15) is 11.9 Å². The van der Waals surface area contributed by atoms with Crippen molar-refractivity contribution >= 4 is 11.9 Å². The first-order valence-corrected chi connectivity index (χ1v) is 6.34. The molecule has 20 heavy (non-hydrogen) atoms. The molecular weight excluding hydrogens is 263 g/mol. The lowest BCUT2D eigenvalue weighted by atomic mass is 10.0. The summed E-state index contributed by atoms with van der Waals surface area (Å²) >= 11 is 0. The molecule has 1 aromatic rings. The highest BCUT2D eigenvalue weighted by molar-refractivity contribution is 5.87. The van der Waals surface area contributed by atoms with Crippen molar-refractivity contribution in [2.24, 2.45) is 11.7 Å². The van der Waals surface area contributed by atoms with E-state index < -0.39 is 29.8 Å². The molecule has 0 saturated heterocycles. The fourth-order valence-electron chi connectivity index (χ4n) is 1.63. The lowest BCUT2D eigenvalue weighted by Crippen LogP contribution is -2.51. The zero-order valence-corrected chi connectivity index (χ0v) is 11.5. The Labute approximate surface area is 117 Å². The lowest BCUT2D eigenvalue weighted by Gasteiger charge is -2.19. The van der Waals surface area contributed by atoms with Crippen LogP contribution in [0.2, 0.25) is 0 Å². The van der Waals surface area contributed by atoms with Crippen molar-refractivity contribution in [3.8, 4) is 0 Å². The van der Waals surface area contributed by atoms with E-state index in [2.05, 4.69) is 5.32 Å². The summed E-state index contributed by atoms with van der Waals surface area (Å²) < 4.78 is 12.8. The van der Waals surface area contributed by atoms with Gasteiger partial charge in [-0.3, -0.25) is 4.79 Å². The van der Waals surface area contributed by atoms with Gasteiger partial charge in [-0.1, -0.05) is 26.0 Å². The molecular formula is C14H19FN2O3. The summed E-state index contributed by atoms with van der Waals surface area (Å²) in [5.41, 5.74) is 6.29. The summed E-state index contributed by atoms with van der Waals surface area (Å²) in [4.78, 5) is 23.0. The molecule has 0 radical (unpaired) electrons. The molecule has 6 heteroatoms. The average molecular weight is 282 g/mol. The van der Waals surface area contributed by atoms with Crippen LogP contribution in [0.1, 0.15) is 19.4 Å². The predicted octanol–water partition coefficient (Wildman–Crippen LogP) is 0.921. The number of rotatable bonds is 6. The van der Waals surface area contributed by atoms with Crippen LogP contribution in [0.3, 0.4) is 0 Å². The number of carbonyl (C=O) groups excluding carboxylic acids is 1. The van der Waals surface area contributed by atoms with Crippen LogP contribution in [0.4, 0.5) is 4.39 Å². The summed E-state index contributed by atoms with van der Waals surface area (Å²) in [7, 11) is 0. The zero-order chi connectivity index (χ0) is 15.3. The summed E-state index contributed by atoms with van der Waals surface area (Å²) in [6.07, 6.45) is 0.0756. The standard InChI is InChI=1S/C14H19FN2O3/c1-8(2)12(16)13(18)17-11(14(19)20)7-9-3-5-10(15)6-4-9/h3-6,8,11-12H,7,16H2,1-2H3,(H,17,18)(H,19,20)/t11?,12-/m0/s1. The first-order valence-electron chi connectivity index (χ1n) is 6.34. The molecule has 0 spiro atoms. The van der Waals surface area contributed by atoms with E-state index in [1.54, 1.807) is 13.8 Å².